The molecular formula is C20H25N3O3. The lowest BCUT2D eigenvalue weighted by molar-refractivity contribution is -0.118. The molecule has 1 heterocycles. The number of carbonyl (C=O) groups is 2. The van der Waals surface area contributed by atoms with Crippen LogP contribution in [0.4, 0.5) is 0 Å². The van der Waals surface area contributed by atoms with Gasteiger partial charge < -0.3 is 15.8 Å². The zero-order chi connectivity index (χ0) is 17.8. The monoisotopic (exact) mass is 355 g/mol. The van der Waals surface area contributed by atoms with Gasteiger partial charge in [0.05, 0.1) is 6.61 Å². The summed E-state index contributed by atoms with van der Waals surface area (Å²) in [5, 5.41) is 2.95. The number of primary amides is 1. The number of rotatable bonds is 9. The normalized spacial score (nSPS) is 29.5. The van der Waals surface area contributed by atoms with Gasteiger partial charge in [0.1, 0.15) is 5.69 Å². The van der Waals surface area contributed by atoms with Crippen LogP contribution < -0.4 is 15.8 Å². The third-order valence-corrected chi connectivity index (χ3v) is 6.33. The summed E-state index contributed by atoms with van der Waals surface area (Å²) in [6.07, 6.45) is 5.95. The molecule has 4 aliphatic carbocycles. The molecule has 138 valence electrons. The van der Waals surface area contributed by atoms with Crippen LogP contribution in [0.3, 0.4) is 0 Å². The van der Waals surface area contributed by atoms with E-state index in [1.54, 1.807) is 6.07 Å². The first-order valence-corrected chi connectivity index (χ1v) is 9.83. The molecule has 2 amide bonds. The Labute approximate surface area is 152 Å². The predicted octanol–water partition coefficient (Wildman–Crippen LogP) is 1.99. The van der Waals surface area contributed by atoms with E-state index in [2.05, 4.69) is 10.3 Å². The van der Waals surface area contributed by atoms with Gasteiger partial charge >= 0.3 is 0 Å². The summed E-state index contributed by atoms with van der Waals surface area (Å²) in [6, 6.07) is 3.58. The number of nitrogens with two attached hydrogens (primary N) is 1. The molecule has 6 heteroatoms. The average Bonchev–Trinajstić information content (AvgIpc) is 3.41. The molecule has 0 aliphatic heterocycles. The van der Waals surface area contributed by atoms with Gasteiger partial charge in [0, 0.05) is 18.0 Å². The standard InChI is InChI=1S/C20H25N3O3/c21-18(24)8-17(11-3-4-11)22-19(25)16-6-5-12(10-1-2-10)20(23-16)26-9-15-13-7-14(13)15/h5-6,10-11,13-15,17H,1-4,7-9H2,(H2,21,24)(H,22,25). The van der Waals surface area contributed by atoms with Gasteiger partial charge in [0.15, 0.2) is 0 Å². The molecule has 4 fully saturated rings. The van der Waals surface area contributed by atoms with Crippen molar-refractivity contribution >= 4 is 11.8 Å². The van der Waals surface area contributed by atoms with E-state index in [1.807, 2.05) is 6.07 Å². The van der Waals surface area contributed by atoms with E-state index in [4.69, 9.17) is 10.5 Å². The molecule has 1 aromatic rings. The van der Waals surface area contributed by atoms with Crippen LogP contribution in [-0.2, 0) is 4.79 Å². The molecule has 0 radical (unpaired) electrons. The van der Waals surface area contributed by atoms with Gasteiger partial charge in [-0.05, 0) is 67.8 Å². The molecule has 4 saturated carbocycles. The SMILES string of the molecule is NC(=O)CC(NC(=O)c1ccc(C2CC2)c(OCC2C3CC23)n1)C1CC1. The second kappa shape index (κ2) is 5.96. The first-order chi connectivity index (χ1) is 12.6. The van der Waals surface area contributed by atoms with Crippen LogP contribution >= 0.6 is 0 Å². The Kier molecular flexibility index (Phi) is 3.69. The van der Waals surface area contributed by atoms with Crippen LogP contribution in [0.5, 0.6) is 5.88 Å². The molecule has 1 aromatic heterocycles. The highest BCUT2D eigenvalue weighted by molar-refractivity contribution is 5.93. The topological polar surface area (TPSA) is 94.3 Å². The van der Waals surface area contributed by atoms with Crippen molar-refractivity contribution < 1.29 is 14.3 Å². The van der Waals surface area contributed by atoms with Gasteiger partial charge in [-0.15, -0.1) is 0 Å². The van der Waals surface area contributed by atoms with Crippen molar-refractivity contribution in [1.29, 1.82) is 0 Å². The van der Waals surface area contributed by atoms with E-state index in [9.17, 15) is 9.59 Å². The number of fused-ring (bicyclic) bond motifs is 1. The number of pyridine rings is 1. The first-order valence-electron chi connectivity index (χ1n) is 9.83. The summed E-state index contributed by atoms with van der Waals surface area (Å²) in [6.45, 7) is 0.722. The van der Waals surface area contributed by atoms with Crippen LogP contribution in [0.2, 0.25) is 0 Å². The molecule has 3 N–H and O–H groups in total. The molecule has 6 nitrogen and oxygen atoms in total. The Balaban J connectivity index is 1.29. The molecule has 0 saturated heterocycles. The summed E-state index contributed by atoms with van der Waals surface area (Å²) in [5.41, 5.74) is 6.81. The minimum atomic E-state index is -0.383. The van der Waals surface area contributed by atoms with Gasteiger partial charge in [-0.1, -0.05) is 6.07 Å². The highest BCUT2D eigenvalue weighted by Crippen LogP contribution is 2.68. The number of amides is 2. The number of hydrogen-bond acceptors (Lipinski definition) is 4. The highest BCUT2D eigenvalue weighted by atomic mass is 16.5. The summed E-state index contributed by atoms with van der Waals surface area (Å²) in [7, 11) is 0. The zero-order valence-electron chi connectivity index (χ0n) is 14.8. The van der Waals surface area contributed by atoms with Crippen molar-refractivity contribution in [3.8, 4) is 5.88 Å². The van der Waals surface area contributed by atoms with E-state index in [-0.39, 0.29) is 24.3 Å². The van der Waals surface area contributed by atoms with Crippen molar-refractivity contribution in [2.24, 2.45) is 29.4 Å². The minimum Gasteiger partial charge on any atom is -0.477 e. The molecule has 3 unspecified atom stereocenters. The van der Waals surface area contributed by atoms with Crippen molar-refractivity contribution in [1.82, 2.24) is 10.3 Å². The third kappa shape index (κ3) is 3.29. The van der Waals surface area contributed by atoms with Gasteiger partial charge in [-0.3, -0.25) is 9.59 Å². The number of hydrogen-bond donors (Lipinski definition) is 2. The molecule has 0 spiro atoms. The number of nitrogens with zero attached hydrogens (tertiary/aromatic N) is 1. The molecule has 26 heavy (non-hydrogen) atoms. The van der Waals surface area contributed by atoms with Crippen molar-refractivity contribution in [2.75, 3.05) is 6.61 Å². The molecule has 4 aliphatic rings. The van der Waals surface area contributed by atoms with Crippen LogP contribution in [0.1, 0.15) is 60.5 Å². The molecule has 0 bridgehead atoms. The first kappa shape index (κ1) is 16.1. The summed E-state index contributed by atoms with van der Waals surface area (Å²) in [5.74, 6) is 3.36. The Morgan fingerprint density at radius 2 is 2.00 bits per heavy atom. The number of carbonyl (C=O) groups excluding carboxylic acids is 2. The van der Waals surface area contributed by atoms with Crippen molar-refractivity contribution in [3.63, 3.8) is 0 Å². The van der Waals surface area contributed by atoms with Gasteiger partial charge in [0.2, 0.25) is 11.8 Å². The van der Waals surface area contributed by atoms with Gasteiger partial charge in [-0.2, -0.15) is 0 Å². The fraction of sp³-hybridized carbons (Fsp3) is 0.650. The van der Waals surface area contributed by atoms with E-state index < -0.39 is 0 Å². The molecular weight excluding hydrogens is 330 g/mol. The second-order valence-corrected chi connectivity index (χ2v) is 8.49. The number of aromatic nitrogens is 1. The number of ether oxygens (including phenoxy) is 1. The van der Waals surface area contributed by atoms with E-state index in [0.29, 0.717) is 29.3 Å². The predicted molar refractivity (Wildman–Crippen MR) is 94.6 cm³/mol. The summed E-state index contributed by atoms with van der Waals surface area (Å²) >= 11 is 0. The van der Waals surface area contributed by atoms with Gasteiger partial charge in [-0.25, -0.2) is 4.98 Å². The summed E-state index contributed by atoms with van der Waals surface area (Å²) < 4.78 is 6.02. The quantitative estimate of drug-likeness (QED) is 0.708. The third-order valence-electron chi connectivity index (χ3n) is 6.33. The van der Waals surface area contributed by atoms with Crippen LogP contribution in [0.25, 0.3) is 0 Å². The van der Waals surface area contributed by atoms with Crippen LogP contribution in [0, 0.1) is 23.7 Å². The zero-order valence-corrected chi connectivity index (χ0v) is 14.8. The Morgan fingerprint density at radius 1 is 1.23 bits per heavy atom. The smallest absolute Gasteiger partial charge is 0.270 e. The molecule has 3 atom stereocenters. The molecule has 0 aromatic carbocycles. The maximum Gasteiger partial charge on any atom is 0.270 e. The average molecular weight is 355 g/mol. The largest absolute Gasteiger partial charge is 0.477 e. The molecule has 5 rings (SSSR count). The maximum absolute atomic E-state index is 12.6. The fourth-order valence-corrected chi connectivity index (χ4v) is 4.03. The van der Waals surface area contributed by atoms with Crippen LogP contribution in [0.15, 0.2) is 12.1 Å². The highest BCUT2D eigenvalue weighted by Gasteiger charge is 2.64. The maximum atomic E-state index is 12.6. The second-order valence-electron chi connectivity index (χ2n) is 8.49. The Morgan fingerprint density at radius 3 is 2.58 bits per heavy atom. The van der Waals surface area contributed by atoms with Crippen molar-refractivity contribution in [3.05, 3.63) is 23.4 Å². The Hall–Kier alpha value is -2.11. The minimum absolute atomic E-state index is 0.185. The van der Waals surface area contributed by atoms with Crippen LogP contribution in [-0.4, -0.2) is 29.4 Å². The lowest BCUT2D eigenvalue weighted by Crippen LogP contribution is -2.39. The lowest BCUT2D eigenvalue weighted by atomic mass is 10.1. The van der Waals surface area contributed by atoms with Gasteiger partial charge in [0.25, 0.3) is 5.91 Å². The fourth-order valence-electron chi connectivity index (χ4n) is 4.03. The van der Waals surface area contributed by atoms with Crippen molar-refractivity contribution in [2.45, 2.75) is 50.5 Å². The van der Waals surface area contributed by atoms with E-state index in [1.165, 1.54) is 19.3 Å². The lowest BCUT2D eigenvalue weighted by Gasteiger charge is -2.17. The van der Waals surface area contributed by atoms with E-state index >= 15 is 0 Å². The Bertz CT molecular complexity index is 749. The number of nitrogens with one attached hydrogen (secondary N) is 1. The van der Waals surface area contributed by atoms with E-state index in [0.717, 1.165) is 36.8 Å². The summed E-state index contributed by atoms with van der Waals surface area (Å²) in [4.78, 5) is 28.4.